The Morgan fingerprint density at radius 3 is 2.61 bits per heavy atom. The summed E-state index contributed by atoms with van der Waals surface area (Å²) in [6.45, 7) is 6.96. The van der Waals surface area contributed by atoms with Crippen molar-refractivity contribution in [2.45, 2.75) is 13.8 Å². The molecule has 1 fully saturated rings. The van der Waals surface area contributed by atoms with E-state index < -0.39 is 0 Å². The van der Waals surface area contributed by atoms with E-state index in [9.17, 15) is 9.18 Å². The Bertz CT molecular complexity index is 439. The number of benzene rings is 1. The van der Waals surface area contributed by atoms with Gasteiger partial charge in [-0.05, 0) is 18.2 Å². The summed E-state index contributed by atoms with van der Waals surface area (Å²) in [6, 6.07) is 4.65. The molecule has 1 aliphatic rings. The molecule has 0 aliphatic carbocycles. The van der Waals surface area contributed by atoms with Crippen LogP contribution in [0.15, 0.2) is 18.2 Å². The van der Waals surface area contributed by atoms with Crippen LogP contribution in [0.2, 0.25) is 0 Å². The number of piperazine rings is 1. The van der Waals surface area contributed by atoms with Crippen molar-refractivity contribution in [3.63, 3.8) is 0 Å². The molecule has 1 N–H and O–H groups in total. The Labute approximate surface area is 107 Å². The SMILES string of the molecule is CC(C)C(=O)c1ccc(F)c(N2CCNCC2)c1. The summed E-state index contributed by atoms with van der Waals surface area (Å²) in [5, 5.41) is 3.23. The van der Waals surface area contributed by atoms with Gasteiger partial charge in [0.15, 0.2) is 5.78 Å². The quantitative estimate of drug-likeness (QED) is 0.834. The average molecular weight is 250 g/mol. The van der Waals surface area contributed by atoms with Crippen molar-refractivity contribution in [3.8, 4) is 0 Å². The molecule has 1 aromatic carbocycles. The highest BCUT2D eigenvalue weighted by atomic mass is 19.1. The van der Waals surface area contributed by atoms with Crippen LogP contribution >= 0.6 is 0 Å². The van der Waals surface area contributed by atoms with Crippen LogP contribution in [-0.2, 0) is 0 Å². The predicted molar refractivity (Wildman–Crippen MR) is 70.7 cm³/mol. The van der Waals surface area contributed by atoms with Crippen LogP contribution in [0.3, 0.4) is 0 Å². The standard InChI is InChI=1S/C14H19FN2O/c1-10(2)14(18)11-3-4-12(15)13(9-11)17-7-5-16-6-8-17/h3-4,9-10,16H,5-8H2,1-2H3. The van der Waals surface area contributed by atoms with Gasteiger partial charge in [0.25, 0.3) is 0 Å². The van der Waals surface area contributed by atoms with Gasteiger partial charge in [-0.2, -0.15) is 0 Å². The Hall–Kier alpha value is -1.42. The van der Waals surface area contributed by atoms with Crippen molar-refractivity contribution < 1.29 is 9.18 Å². The predicted octanol–water partition coefficient (Wildman–Crippen LogP) is 2.07. The highest BCUT2D eigenvalue weighted by Crippen LogP contribution is 2.22. The molecule has 0 unspecified atom stereocenters. The summed E-state index contributed by atoms with van der Waals surface area (Å²) in [7, 11) is 0. The molecular weight excluding hydrogens is 231 g/mol. The number of nitrogens with zero attached hydrogens (tertiary/aromatic N) is 1. The van der Waals surface area contributed by atoms with Crippen molar-refractivity contribution in [2.24, 2.45) is 5.92 Å². The third kappa shape index (κ3) is 2.70. The van der Waals surface area contributed by atoms with Gasteiger partial charge in [-0.3, -0.25) is 4.79 Å². The molecule has 1 heterocycles. The van der Waals surface area contributed by atoms with Gasteiger partial charge in [0.1, 0.15) is 5.82 Å². The van der Waals surface area contributed by atoms with E-state index in [1.165, 1.54) is 6.07 Å². The Balaban J connectivity index is 2.28. The Morgan fingerprint density at radius 2 is 2.00 bits per heavy atom. The summed E-state index contributed by atoms with van der Waals surface area (Å²) in [6.07, 6.45) is 0. The first kappa shape index (κ1) is 13.0. The fourth-order valence-electron chi connectivity index (χ4n) is 2.15. The Kier molecular flexibility index (Phi) is 3.97. The second-order valence-corrected chi connectivity index (χ2v) is 4.92. The van der Waals surface area contributed by atoms with Gasteiger partial charge in [0, 0.05) is 37.7 Å². The lowest BCUT2D eigenvalue weighted by Gasteiger charge is -2.30. The van der Waals surface area contributed by atoms with E-state index >= 15 is 0 Å². The molecule has 18 heavy (non-hydrogen) atoms. The molecule has 0 aromatic heterocycles. The van der Waals surface area contributed by atoms with E-state index in [1.54, 1.807) is 12.1 Å². The lowest BCUT2D eigenvalue weighted by molar-refractivity contribution is 0.0939. The van der Waals surface area contributed by atoms with Gasteiger partial charge in [0.2, 0.25) is 0 Å². The molecule has 0 radical (unpaired) electrons. The minimum atomic E-state index is -0.253. The van der Waals surface area contributed by atoms with Gasteiger partial charge >= 0.3 is 0 Å². The number of carbonyl (C=O) groups is 1. The number of halogens is 1. The largest absolute Gasteiger partial charge is 0.367 e. The third-order valence-electron chi connectivity index (χ3n) is 3.21. The fraction of sp³-hybridized carbons (Fsp3) is 0.500. The zero-order valence-corrected chi connectivity index (χ0v) is 10.9. The maximum Gasteiger partial charge on any atom is 0.165 e. The first-order valence-electron chi connectivity index (χ1n) is 6.39. The van der Waals surface area contributed by atoms with Crippen molar-refractivity contribution in [1.29, 1.82) is 0 Å². The number of nitrogens with one attached hydrogen (secondary N) is 1. The highest BCUT2D eigenvalue weighted by Gasteiger charge is 2.18. The summed E-state index contributed by atoms with van der Waals surface area (Å²) >= 11 is 0. The number of hydrogen-bond acceptors (Lipinski definition) is 3. The Morgan fingerprint density at radius 1 is 1.33 bits per heavy atom. The monoisotopic (exact) mass is 250 g/mol. The van der Waals surface area contributed by atoms with Gasteiger partial charge in [-0.25, -0.2) is 4.39 Å². The van der Waals surface area contributed by atoms with Crippen LogP contribution in [0.5, 0.6) is 0 Å². The topological polar surface area (TPSA) is 32.3 Å². The summed E-state index contributed by atoms with van der Waals surface area (Å²) in [5.74, 6) is -0.255. The molecule has 1 aromatic rings. The van der Waals surface area contributed by atoms with E-state index in [-0.39, 0.29) is 17.5 Å². The van der Waals surface area contributed by atoms with Crippen LogP contribution in [0.1, 0.15) is 24.2 Å². The molecule has 0 bridgehead atoms. The molecule has 0 atom stereocenters. The molecule has 0 spiro atoms. The van der Waals surface area contributed by atoms with E-state index in [2.05, 4.69) is 5.32 Å². The molecular formula is C14H19FN2O. The van der Waals surface area contributed by atoms with Crippen molar-refractivity contribution in [3.05, 3.63) is 29.6 Å². The molecule has 98 valence electrons. The van der Waals surface area contributed by atoms with E-state index in [0.717, 1.165) is 26.2 Å². The van der Waals surface area contributed by atoms with Crippen LogP contribution in [0.25, 0.3) is 0 Å². The maximum absolute atomic E-state index is 13.8. The van der Waals surface area contributed by atoms with E-state index in [0.29, 0.717) is 11.3 Å². The number of carbonyl (C=O) groups excluding carboxylic acids is 1. The van der Waals surface area contributed by atoms with Gasteiger partial charge in [-0.15, -0.1) is 0 Å². The molecule has 1 aliphatic heterocycles. The second kappa shape index (κ2) is 5.48. The van der Waals surface area contributed by atoms with Crippen molar-refractivity contribution in [1.82, 2.24) is 5.32 Å². The molecule has 1 saturated heterocycles. The molecule has 0 amide bonds. The normalized spacial score (nSPS) is 16.1. The van der Waals surface area contributed by atoms with Crippen LogP contribution in [0, 0.1) is 11.7 Å². The first-order chi connectivity index (χ1) is 8.59. The van der Waals surface area contributed by atoms with Gasteiger partial charge < -0.3 is 10.2 Å². The van der Waals surface area contributed by atoms with Crippen LogP contribution < -0.4 is 10.2 Å². The third-order valence-corrected chi connectivity index (χ3v) is 3.21. The minimum absolute atomic E-state index is 0.0615. The number of Topliss-reactive ketones (excluding diaryl/α,β-unsaturated/α-hetero) is 1. The van der Waals surface area contributed by atoms with Crippen molar-refractivity contribution >= 4 is 11.5 Å². The fourth-order valence-corrected chi connectivity index (χ4v) is 2.15. The first-order valence-corrected chi connectivity index (χ1v) is 6.39. The smallest absolute Gasteiger partial charge is 0.165 e. The number of ketones is 1. The molecule has 2 rings (SSSR count). The number of hydrogen-bond donors (Lipinski definition) is 1. The summed E-state index contributed by atoms with van der Waals surface area (Å²) in [5.41, 5.74) is 1.14. The van der Waals surface area contributed by atoms with Crippen LogP contribution in [-0.4, -0.2) is 32.0 Å². The number of rotatable bonds is 3. The van der Waals surface area contributed by atoms with E-state index in [4.69, 9.17) is 0 Å². The van der Waals surface area contributed by atoms with Gasteiger partial charge in [0.05, 0.1) is 5.69 Å². The highest BCUT2D eigenvalue weighted by molar-refractivity contribution is 5.98. The summed E-state index contributed by atoms with van der Waals surface area (Å²) < 4.78 is 13.8. The minimum Gasteiger partial charge on any atom is -0.367 e. The lowest BCUT2D eigenvalue weighted by atomic mass is 10.0. The zero-order valence-electron chi connectivity index (χ0n) is 10.9. The molecule has 4 heteroatoms. The average Bonchev–Trinajstić information content (AvgIpc) is 2.39. The summed E-state index contributed by atoms with van der Waals surface area (Å²) in [4.78, 5) is 13.9. The van der Waals surface area contributed by atoms with Crippen molar-refractivity contribution in [2.75, 3.05) is 31.1 Å². The zero-order chi connectivity index (χ0) is 13.1. The second-order valence-electron chi connectivity index (χ2n) is 4.92. The van der Waals surface area contributed by atoms with Crippen LogP contribution in [0.4, 0.5) is 10.1 Å². The lowest BCUT2D eigenvalue weighted by Crippen LogP contribution is -2.44. The van der Waals surface area contributed by atoms with Gasteiger partial charge in [-0.1, -0.05) is 13.8 Å². The number of anilines is 1. The molecule has 3 nitrogen and oxygen atoms in total. The van der Waals surface area contributed by atoms with E-state index in [1.807, 2.05) is 18.7 Å². The maximum atomic E-state index is 13.8. The molecule has 0 saturated carbocycles.